The molecule has 206 valence electrons. The molecule has 0 unspecified atom stereocenters. The Labute approximate surface area is 252 Å². The van der Waals surface area contributed by atoms with Crippen LogP contribution in [0.5, 0.6) is 0 Å². The van der Waals surface area contributed by atoms with Gasteiger partial charge in [0.05, 0.1) is 22.1 Å². The van der Waals surface area contributed by atoms with Crippen LogP contribution in [0.4, 0.5) is 0 Å². The molecular formula is C38H24N6. The van der Waals surface area contributed by atoms with E-state index < -0.39 is 0 Å². The molecule has 0 N–H and O–H groups in total. The minimum Gasteiger partial charge on any atom is -0.309 e. The van der Waals surface area contributed by atoms with Gasteiger partial charge in [0.15, 0.2) is 11.6 Å². The fraction of sp³-hybridized carbons (Fsp3) is 0. The van der Waals surface area contributed by atoms with Crippen molar-refractivity contribution in [2.75, 3.05) is 0 Å². The highest BCUT2D eigenvalue weighted by Crippen LogP contribution is 2.42. The van der Waals surface area contributed by atoms with Gasteiger partial charge in [0, 0.05) is 68.8 Å². The summed E-state index contributed by atoms with van der Waals surface area (Å²) in [7, 11) is 0. The van der Waals surface area contributed by atoms with Crippen molar-refractivity contribution in [2.45, 2.75) is 0 Å². The first-order chi connectivity index (χ1) is 21.8. The molecule has 44 heavy (non-hydrogen) atoms. The van der Waals surface area contributed by atoms with E-state index in [9.17, 15) is 0 Å². The van der Waals surface area contributed by atoms with E-state index in [2.05, 4.69) is 138 Å². The third kappa shape index (κ3) is 3.68. The number of aromatic nitrogens is 6. The number of benzene rings is 5. The summed E-state index contributed by atoms with van der Waals surface area (Å²) in [4.78, 5) is 18.0. The predicted molar refractivity (Wildman–Crippen MR) is 177 cm³/mol. The van der Waals surface area contributed by atoms with Crippen LogP contribution in [0.25, 0.3) is 77.8 Å². The summed E-state index contributed by atoms with van der Waals surface area (Å²) in [5.74, 6) is 1.42. The Morgan fingerprint density at radius 2 is 0.932 bits per heavy atom. The van der Waals surface area contributed by atoms with E-state index in [1.54, 1.807) is 24.8 Å². The molecule has 9 rings (SSSR count). The predicted octanol–water partition coefficient (Wildman–Crippen LogP) is 8.79. The minimum atomic E-state index is 0.708. The summed E-state index contributed by atoms with van der Waals surface area (Å²) in [5.41, 5.74) is 8.68. The van der Waals surface area contributed by atoms with Gasteiger partial charge in [0.2, 0.25) is 0 Å². The Morgan fingerprint density at radius 3 is 1.57 bits per heavy atom. The Balaban J connectivity index is 1.39. The molecule has 9 aromatic rings. The van der Waals surface area contributed by atoms with Gasteiger partial charge in [-0.05, 0) is 54.6 Å². The molecule has 4 heterocycles. The molecule has 0 fully saturated rings. The molecule has 0 aliphatic heterocycles. The molecule has 6 heteroatoms. The molecule has 0 atom stereocenters. The second-order valence-electron chi connectivity index (χ2n) is 10.8. The molecule has 0 spiro atoms. The van der Waals surface area contributed by atoms with Gasteiger partial charge in [-0.2, -0.15) is 0 Å². The van der Waals surface area contributed by atoms with E-state index in [1.807, 2.05) is 12.1 Å². The van der Waals surface area contributed by atoms with E-state index in [-0.39, 0.29) is 0 Å². The molecule has 0 aliphatic carbocycles. The lowest BCUT2D eigenvalue weighted by atomic mass is 10.1. The number of nitrogens with zero attached hydrogens (tertiary/aromatic N) is 6. The van der Waals surface area contributed by atoms with Crippen LogP contribution in [0.15, 0.2) is 146 Å². The SMILES string of the molecule is c1cnc(-c2cccc(-n3c4ccccc4c4c3ccc3c5ccccc5n(-c5cccc(-c6ncccn6)c5)c34)c2)nc1. The van der Waals surface area contributed by atoms with Gasteiger partial charge in [0.25, 0.3) is 0 Å². The van der Waals surface area contributed by atoms with Crippen molar-refractivity contribution in [3.63, 3.8) is 0 Å². The van der Waals surface area contributed by atoms with Gasteiger partial charge in [-0.1, -0.05) is 66.7 Å². The topological polar surface area (TPSA) is 61.4 Å². The zero-order valence-corrected chi connectivity index (χ0v) is 23.5. The van der Waals surface area contributed by atoms with Gasteiger partial charge < -0.3 is 9.13 Å². The monoisotopic (exact) mass is 564 g/mol. The van der Waals surface area contributed by atoms with Gasteiger partial charge >= 0.3 is 0 Å². The summed E-state index contributed by atoms with van der Waals surface area (Å²) >= 11 is 0. The van der Waals surface area contributed by atoms with Gasteiger partial charge in [-0.25, -0.2) is 19.9 Å². The van der Waals surface area contributed by atoms with Crippen molar-refractivity contribution < 1.29 is 0 Å². The van der Waals surface area contributed by atoms with Crippen molar-refractivity contribution in [1.29, 1.82) is 0 Å². The molecular weight excluding hydrogens is 540 g/mol. The lowest BCUT2D eigenvalue weighted by Gasteiger charge is -2.11. The summed E-state index contributed by atoms with van der Waals surface area (Å²) < 4.78 is 4.75. The highest BCUT2D eigenvalue weighted by molar-refractivity contribution is 6.26. The van der Waals surface area contributed by atoms with Crippen LogP contribution < -0.4 is 0 Å². The summed E-state index contributed by atoms with van der Waals surface area (Å²) in [5, 5.41) is 4.83. The lowest BCUT2D eigenvalue weighted by Crippen LogP contribution is -1.97. The third-order valence-electron chi connectivity index (χ3n) is 8.33. The summed E-state index contributed by atoms with van der Waals surface area (Å²) in [6.45, 7) is 0. The minimum absolute atomic E-state index is 0.708. The highest BCUT2D eigenvalue weighted by atomic mass is 15.0. The maximum absolute atomic E-state index is 4.52. The fourth-order valence-corrected chi connectivity index (χ4v) is 6.52. The number of hydrogen-bond acceptors (Lipinski definition) is 4. The zero-order valence-electron chi connectivity index (χ0n) is 23.5. The van der Waals surface area contributed by atoms with Crippen molar-refractivity contribution >= 4 is 43.6 Å². The summed E-state index contributed by atoms with van der Waals surface area (Å²) in [6.07, 6.45) is 7.13. The van der Waals surface area contributed by atoms with Crippen LogP contribution in [-0.4, -0.2) is 29.1 Å². The molecule has 6 nitrogen and oxygen atoms in total. The summed E-state index contributed by atoms with van der Waals surface area (Å²) in [6, 6.07) is 42.5. The maximum Gasteiger partial charge on any atom is 0.159 e. The number of fused-ring (bicyclic) bond motifs is 7. The first-order valence-corrected chi connectivity index (χ1v) is 14.6. The van der Waals surface area contributed by atoms with E-state index >= 15 is 0 Å². The van der Waals surface area contributed by atoms with Crippen LogP contribution in [0.3, 0.4) is 0 Å². The van der Waals surface area contributed by atoms with Gasteiger partial charge in [0.1, 0.15) is 0 Å². The van der Waals surface area contributed by atoms with Crippen LogP contribution >= 0.6 is 0 Å². The number of hydrogen-bond donors (Lipinski definition) is 0. The fourth-order valence-electron chi connectivity index (χ4n) is 6.52. The highest BCUT2D eigenvalue weighted by Gasteiger charge is 2.21. The van der Waals surface area contributed by atoms with Gasteiger partial charge in [-0.15, -0.1) is 0 Å². The molecule has 0 bridgehead atoms. The Bertz CT molecular complexity index is 2490. The average molecular weight is 565 g/mol. The van der Waals surface area contributed by atoms with Crippen molar-refractivity contribution in [1.82, 2.24) is 29.1 Å². The molecule has 0 saturated carbocycles. The molecule has 5 aromatic carbocycles. The van der Waals surface area contributed by atoms with Crippen molar-refractivity contribution in [3.8, 4) is 34.2 Å². The zero-order chi connectivity index (χ0) is 29.0. The van der Waals surface area contributed by atoms with Crippen molar-refractivity contribution in [2.24, 2.45) is 0 Å². The molecule has 0 radical (unpaired) electrons. The van der Waals surface area contributed by atoms with E-state index in [0.29, 0.717) is 11.6 Å². The average Bonchev–Trinajstić information content (AvgIpc) is 3.62. The quantitative estimate of drug-likeness (QED) is 0.214. The first kappa shape index (κ1) is 24.5. The second kappa shape index (κ2) is 9.71. The Hall–Kier alpha value is -6.14. The number of rotatable bonds is 4. The van der Waals surface area contributed by atoms with E-state index in [4.69, 9.17) is 0 Å². The second-order valence-corrected chi connectivity index (χ2v) is 10.8. The molecule has 0 amide bonds. The first-order valence-electron chi connectivity index (χ1n) is 14.6. The van der Waals surface area contributed by atoms with E-state index in [1.165, 1.54) is 27.1 Å². The van der Waals surface area contributed by atoms with Crippen LogP contribution in [0.1, 0.15) is 0 Å². The molecule has 4 aromatic heterocycles. The van der Waals surface area contributed by atoms with E-state index in [0.717, 1.165) is 39.1 Å². The normalized spacial score (nSPS) is 11.6. The Morgan fingerprint density at radius 1 is 0.386 bits per heavy atom. The Kier molecular flexibility index (Phi) is 5.40. The third-order valence-corrected chi connectivity index (χ3v) is 8.33. The van der Waals surface area contributed by atoms with Crippen LogP contribution in [0, 0.1) is 0 Å². The number of para-hydroxylation sites is 2. The molecule has 0 aliphatic rings. The lowest BCUT2D eigenvalue weighted by molar-refractivity contribution is 1.15. The van der Waals surface area contributed by atoms with Crippen LogP contribution in [-0.2, 0) is 0 Å². The van der Waals surface area contributed by atoms with Crippen LogP contribution in [0.2, 0.25) is 0 Å². The van der Waals surface area contributed by atoms with Crippen molar-refractivity contribution in [3.05, 3.63) is 146 Å². The van der Waals surface area contributed by atoms with Gasteiger partial charge in [-0.3, -0.25) is 0 Å². The smallest absolute Gasteiger partial charge is 0.159 e. The molecule has 0 saturated heterocycles. The maximum atomic E-state index is 4.52. The standard InChI is InChI=1S/C38H24N6/c1-3-15-32-29(13-1)30-17-18-34-35(36(30)44(32)28-12-6-10-26(24-28)38-41-21-8-22-42-38)31-14-2-4-16-33(31)43(34)27-11-5-9-25(23-27)37-39-19-7-20-40-37/h1-24H. The largest absolute Gasteiger partial charge is 0.309 e.